The predicted octanol–water partition coefficient (Wildman–Crippen LogP) is 2.01. The Balaban J connectivity index is 2.22. The van der Waals surface area contributed by atoms with Gasteiger partial charge in [0.1, 0.15) is 5.78 Å². The van der Waals surface area contributed by atoms with Crippen LogP contribution < -0.4 is 0 Å². The quantitative estimate of drug-likeness (QED) is 0.516. The first-order valence-electron chi connectivity index (χ1n) is 4.64. The first-order chi connectivity index (χ1) is 5.09. The lowest BCUT2D eigenvalue weighted by molar-refractivity contribution is -0.128. The Morgan fingerprint density at radius 1 is 1.45 bits per heavy atom. The Labute approximate surface area is 67.2 Å². The molecule has 60 valence electrons. The summed E-state index contributed by atoms with van der Waals surface area (Å²) in [5, 5.41) is 0. The summed E-state index contributed by atoms with van der Waals surface area (Å²) in [6, 6.07) is 0. The van der Waals surface area contributed by atoms with Crippen LogP contribution in [-0.4, -0.2) is 5.78 Å². The van der Waals surface area contributed by atoms with Crippen molar-refractivity contribution in [1.29, 1.82) is 0 Å². The van der Waals surface area contributed by atoms with E-state index < -0.39 is 0 Å². The van der Waals surface area contributed by atoms with Gasteiger partial charge in [0.2, 0.25) is 0 Å². The number of rotatable bonds is 0. The van der Waals surface area contributed by atoms with Crippen LogP contribution in [0.1, 0.15) is 33.1 Å². The van der Waals surface area contributed by atoms with E-state index in [0.29, 0.717) is 17.1 Å². The highest BCUT2D eigenvalue weighted by molar-refractivity contribution is 5.94. The molecule has 4 aliphatic carbocycles. The first-order valence-corrected chi connectivity index (χ1v) is 4.64. The normalized spacial score (nSPS) is 65.1. The second kappa shape index (κ2) is 1.30. The molecule has 4 atom stereocenters. The Morgan fingerprint density at radius 2 is 2.18 bits per heavy atom. The lowest BCUT2D eigenvalue weighted by Crippen LogP contribution is -2.38. The van der Waals surface area contributed by atoms with Gasteiger partial charge in [-0.3, -0.25) is 4.79 Å². The molecule has 4 rings (SSSR count). The molecule has 0 N–H and O–H groups in total. The number of carbonyl (C=O) groups is 1. The minimum absolute atomic E-state index is 0.0995. The molecule has 0 aromatic rings. The fourth-order valence-corrected chi connectivity index (χ4v) is 4.01. The van der Waals surface area contributed by atoms with E-state index in [1.54, 1.807) is 0 Å². The average Bonchev–Trinajstić information content (AvgIpc) is 2.27. The van der Waals surface area contributed by atoms with E-state index in [2.05, 4.69) is 13.8 Å². The van der Waals surface area contributed by atoms with Crippen molar-refractivity contribution < 1.29 is 4.79 Å². The van der Waals surface area contributed by atoms with Crippen LogP contribution in [0.25, 0.3) is 0 Å². The van der Waals surface area contributed by atoms with Gasteiger partial charge >= 0.3 is 0 Å². The molecule has 11 heavy (non-hydrogen) atoms. The van der Waals surface area contributed by atoms with Gasteiger partial charge in [0.05, 0.1) is 0 Å². The molecule has 0 amide bonds. The largest absolute Gasteiger partial charge is 0.299 e. The highest BCUT2D eigenvalue weighted by Crippen LogP contribution is 2.76. The van der Waals surface area contributed by atoms with E-state index in [4.69, 9.17) is 0 Å². The Hall–Kier alpha value is -0.330. The molecular weight excluding hydrogens is 136 g/mol. The zero-order valence-electron chi connectivity index (χ0n) is 7.18. The van der Waals surface area contributed by atoms with Crippen LogP contribution in [0, 0.1) is 22.7 Å². The average molecular weight is 150 g/mol. The van der Waals surface area contributed by atoms with Crippen LogP contribution in [0.5, 0.6) is 0 Å². The lowest BCUT2D eigenvalue weighted by Gasteiger charge is -2.43. The van der Waals surface area contributed by atoms with E-state index >= 15 is 0 Å². The van der Waals surface area contributed by atoms with Crippen molar-refractivity contribution in [3.63, 3.8) is 0 Å². The van der Waals surface area contributed by atoms with Gasteiger partial charge in [-0.1, -0.05) is 13.8 Å². The third-order valence-electron chi connectivity index (χ3n) is 5.04. The molecule has 4 bridgehead atoms. The minimum Gasteiger partial charge on any atom is -0.299 e. The number of hydrogen-bond donors (Lipinski definition) is 0. The summed E-state index contributed by atoms with van der Waals surface area (Å²) in [7, 11) is 0. The molecule has 0 heterocycles. The fourth-order valence-electron chi connectivity index (χ4n) is 4.01. The molecule has 0 radical (unpaired) electrons. The maximum absolute atomic E-state index is 11.7. The number of ketones is 1. The number of Topliss-reactive ketones (excluding diaryl/α,β-unsaturated/α-hetero) is 1. The molecule has 4 saturated carbocycles. The third-order valence-corrected chi connectivity index (χ3v) is 5.04. The standard InChI is InChI=1S/C10H14O/c1-9-4-3-7-6(8(9)11)5-10(7,9)2/h6-7H,3-5H2,1-2H3. The van der Waals surface area contributed by atoms with E-state index in [-0.39, 0.29) is 5.41 Å². The van der Waals surface area contributed by atoms with Crippen molar-refractivity contribution >= 4 is 5.78 Å². The highest BCUT2D eigenvalue weighted by Gasteiger charge is 2.75. The van der Waals surface area contributed by atoms with Gasteiger partial charge in [-0.25, -0.2) is 0 Å². The molecule has 4 unspecified atom stereocenters. The molecular formula is C10H14O. The number of hydrogen-bond acceptors (Lipinski definition) is 1. The van der Waals surface area contributed by atoms with Gasteiger partial charge in [-0.2, -0.15) is 0 Å². The molecule has 0 aliphatic heterocycles. The van der Waals surface area contributed by atoms with Crippen LogP contribution in [0.15, 0.2) is 0 Å². The molecule has 0 aromatic heterocycles. The Kier molecular flexibility index (Phi) is 0.733. The molecule has 1 heteroatoms. The van der Waals surface area contributed by atoms with Gasteiger partial charge in [0, 0.05) is 11.3 Å². The third kappa shape index (κ3) is 0.361. The molecule has 1 nitrogen and oxygen atoms in total. The van der Waals surface area contributed by atoms with Crippen molar-refractivity contribution in [1.82, 2.24) is 0 Å². The Morgan fingerprint density at radius 3 is 2.55 bits per heavy atom. The fraction of sp³-hybridized carbons (Fsp3) is 0.900. The maximum atomic E-state index is 11.7. The zero-order chi connectivity index (χ0) is 7.85. The number of carbonyl (C=O) groups excluding carboxylic acids is 1. The van der Waals surface area contributed by atoms with Crippen molar-refractivity contribution in [3.05, 3.63) is 0 Å². The topological polar surface area (TPSA) is 17.1 Å². The smallest absolute Gasteiger partial charge is 0.142 e. The summed E-state index contributed by atoms with van der Waals surface area (Å²) in [6.07, 6.45) is 3.69. The summed E-state index contributed by atoms with van der Waals surface area (Å²) >= 11 is 0. The second-order valence-electron chi connectivity index (χ2n) is 5.07. The summed E-state index contributed by atoms with van der Waals surface area (Å²) in [5.41, 5.74) is 0.525. The van der Waals surface area contributed by atoms with E-state index in [1.807, 2.05) is 0 Å². The summed E-state index contributed by atoms with van der Waals surface area (Å²) in [5.74, 6) is 1.86. The van der Waals surface area contributed by atoms with Crippen LogP contribution in [0.2, 0.25) is 0 Å². The van der Waals surface area contributed by atoms with Gasteiger partial charge in [0.25, 0.3) is 0 Å². The highest BCUT2D eigenvalue weighted by atomic mass is 16.1. The SMILES string of the molecule is CC12CCC3C(CC31C)C2=O. The predicted molar refractivity (Wildman–Crippen MR) is 42.1 cm³/mol. The van der Waals surface area contributed by atoms with Crippen molar-refractivity contribution in [3.8, 4) is 0 Å². The molecule has 0 saturated heterocycles. The van der Waals surface area contributed by atoms with Crippen LogP contribution >= 0.6 is 0 Å². The van der Waals surface area contributed by atoms with Gasteiger partial charge in [0.15, 0.2) is 0 Å². The maximum Gasteiger partial charge on any atom is 0.142 e. The molecule has 4 fully saturated rings. The van der Waals surface area contributed by atoms with Crippen LogP contribution in [0.4, 0.5) is 0 Å². The summed E-state index contributed by atoms with van der Waals surface area (Å²) in [4.78, 5) is 11.7. The van der Waals surface area contributed by atoms with Gasteiger partial charge in [-0.15, -0.1) is 0 Å². The second-order valence-corrected chi connectivity index (χ2v) is 5.07. The van der Waals surface area contributed by atoms with E-state index in [0.717, 1.165) is 5.92 Å². The van der Waals surface area contributed by atoms with Crippen LogP contribution in [0.3, 0.4) is 0 Å². The monoisotopic (exact) mass is 150 g/mol. The van der Waals surface area contributed by atoms with Crippen molar-refractivity contribution in [2.75, 3.05) is 0 Å². The van der Waals surface area contributed by atoms with Crippen LogP contribution in [-0.2, 0) is 4.79 Å². The molecule has 0 aromatic carbocycles. The first kappa shape index (κ1) is 6.22. The van der Waals surface area contributed by atoms with E-state index in [9.17, 15) is 4.79 Å². The lowest BCUT2D eigenvalue weighted by atomic mass is 9.60. The van der Waals surface area contributed by atoms with Crippen molar-refractivity contribution in [2.24, 2.45) is 22.7 Å². The molecule has 4 aliphatic rings. The molecule has 0 spiro atoms. The minimum atomic E-state index is 0.0995. The van der Waals surface area contributed by atoms with Crippen molar-refractivity contribution in [2.45, 2.75) is 33.1 Å². The Bertz CT molecular complexity index is 258. The zero-order valence-corrected chi connectivity index (χ0v) is 7.18. The van der Waals surface area contributed by atoms with E-state index in [1.165, 1.54) is 19.3 Å². The summed E-state index contributed by atoms with van der Waals surface area (Å²) < 4.78 is 0. The van der Waals surface area contributed by atoms with Gasteiger partial charge < -0.3 is 0 Å². The van der Waals surface area contributed by atoms with Gasteiger partial charge in [-0.05, 0) is 30.6 Å². The summed E-state index contributed by atoms with van der Waals surface area (Å²) in [6.45, 7) is 4.52.